The van der Waals surface area contributed by atoms with E-state index in [-0.39, 0.29) is 0 Å². The molecule has 12 heavy (non-hydrogen) atoms. The van der Waals surface area contributed by atoms with Crippen LogP contribution in [0.15, 0.2) is 0 Å². The largest absolute Gasteiger partial charge is 0.269 e. The molecule has 1 saturated carbocycles. The standard InChI is InChI=1S/C7H17IN4/c1-11(9)6-2-4-7(5-3-6)12(8)10/h6-7H,2-5,9-10H2,1H3. The smallest absolute Gasteiger partial charge is 0.0367 e. The molecule has 0 heterocycles. The maximum atomic E-state index is 5.68. The number of rotatable bonds is 2. The minimum absolute atomic E-state index is 0.543. The molecule has 0 atom stereocenters. The van der Waals surface area contributed by atoms with E-state index < -0.39 is 0 Å². The fourth-order valence-electron chi connectivity index (χ4n) is 1.71. The lowest BCUT2D eigenvalue weighted by atomic mass is 9.91. The van der Waals surface area contributed by atoms with Crippen molar-refractivity contribution in [3.8, 4) is 0 Å². The van der Waals surface area contributed by atoms with E-state index in [9.17, 15) is 0 Å². The van der Waals surface area contributed by atoms with Gasteiger partial charge >= 0.3 is 0 Å². The third-order valence-corrected chi connectivity index (χ3v) is 3.38. The van der Waals surface area contributed by atoms with Crippen LogP contribution in [-0.2, 0) is 0 Å². The zero-order valence-electron chi connectivity index (χ0n) is 7.41. The van der Waals surface area contributed by atoms with Crippen LogP contribution in [-0.4, -0.2) is 27.4 Å². The Balaban J connectivity index is 2.30. The molecule has 0 saturated heterocycles. The van der Waals surface area contributed by atoms with Crippen LogP contribution in [0.25, 0.3) is 0 Å². The molecule has 0 aliphatic heterocycles. The zero-order valence-corrected chi connectivity index (χ0v) is 9.57. The van der Waals surface area contributed by atoms with E-state index in [0.29, 0.717) is 12.1 Å². The molecule has 0 aromatic carbocycles. The summed E-state index contributed by atoms with van der Waals surface area (Å²) < 4.78 is 1.80. The predicted octanol–water partition coefficient (Wildman–Crippen LogP) is 0.629. The van der Waals surface area contributed by atoms with Gasteiger partial charge in [-0.05, 0) is 25.7 Å². The molecule has 1 rings (SSSR count). The summed E-state index contributed by atoms with van der Waals surface area (Å²) in [6.45, 7) is 0. The fraction of sp³-hybridized carbons (Fsp3) is 1.00. The fourth-order valence-corrected chi connectivity index (χ4v) is 2.27. The van der Waals surface area contributed by atoms with Crippen LogP contribution in [0, 0.1) is 0 Å². The van der Waals surface area contributed by atoms with E-state index in [0.717, 1.165) is 25.7 Å². The Morgan fingerprint density at radius 3 is 1.83 bits per heavy atom. The zero-order chi connectivity index (χ0) is 9.14. The van der Waals surface area contributed by atoms with E-state index in [4.69, 9.17) is 11.7 Å². The second-order valence-corrected chi connectivity index (χ2v) is 4.59. The van der Waals surface area contributed by atoms with Crippen molar-refractivity contribution in [1.29, 1.82) is 0 Å². The Hall–Kier alpha value is 0.570. The maximum absolute atomic E-state index is 5.68. The van der Waals surface area contributed by atoms with Crippen molar-refractivity contribution in [2.24, 2.45) is 11.7 Å². The summed E-state index contributed by atoms with van der Waals surface area (Å²) in [7, 11) is 1.94. The molecule has 4 N–H and O–H groups in total. The van der Waals surface area contributed by atoms with Crippen molar-refractivity contribution < 1.29 is 0 Å². The van der Waals surface area contributed by atoms with Gasteiger partial charge in [0.2, 0.25) is 0 Å². The molecule has 1 aliphatic carbocycles. The van der Waals surface area contributed by atoms with Crippen LogP contribution >= 0.6 is 22.9 Å². The van der Waals surface area contributed by atoms with Crippen molar-refractivity contribution in [3.63, 3.8) is 0 Å². The summed E-state index contributed by atoms with van der Waals surface area (Å²) in [5.74, 6) is 11.3. The van der Waals surface area contributed by atoms with Crippen molar-refractivity contribution in [3.05, 3.63) is 0 Å². The number of halogens is 1. The molecule has 1 aliphatic rings. The highest BCUT2D eigenvalue weighted by atomic mass is 127. The first-order valence-corrected chi connectivity index (χ1v) is 5.25. The molecule has 0 amide bonds. The Morgan fingerprint density at radius 2 is 1.50 bits per heavy atom. The lowest BCUT2D eigenvalue weighted by molar-refractivity contribution is 0.160. The van der Waals surface area contributed by atoms with Gasteiger partial charge in [-0.15, -0.1) is 0 Å². The summed E-state index contributed by atoms with van der Waals surface area (Å²) in [6.07, 6.45) is 4.64. The molecule has 0 bridgehead atoms. The third kappa shape index (κ3) is 2.81. The molecular weight excluding hydrogens is 267 g/mol. The van der Waals surface area contributed by atoms with E-state index >= 15 is 0 Å². The van der Waals surface area contributed by atoms with Crippen molar-refractivity contribution >= 4 is 22.9 Å². The lowest BCUT2D eigenvalue weighted by Crippen LogP contribution is -2.44. The molecule has 0 spiro atoms. The highest BCUT2D eigenvalue weighted by molar-refractivity contribution is 14.1. The van der Waals surface area contributed by atoms with Gasteiger partial charge in [0.15, 0.2) is 0 Å². The summed E-state index contributed by atoms with van der Waals surface area (Å²) in [6, 6.07) is 1.10. The first-order chi connectivity index (χ1) is 5.61. The van der Waals surface area contributed by atoms with E-state index in [1.54, 1.807) is 3.22 Å². The van der Waals surface area contributed by atoms with Gasteiger partial charge in [-0.1, -0.05) is 0 Å². The average molecular weight is 284 g/mol. The molecule has 0 unspecified atom stereocenters. The monoisotopic (exact) mass is 284 g/mol. The Labute approximate surface area is 87.7 Å². The Morgan fingerprint density at radius 1 is 1.08 bits per heavy atom. The van der Waals surface area contributed by atoms with Gasteiger partial charge in [0, 0.05) is 42.0 Å². The van der Waals surface area contributed by atoms with Crippen LogP contribution in [0.3, 0.4) is 0 Å². The molecule has 1 fully saturated rings. The molecule has 4 nitrogen and oxygen atoms in total. The van der Waals surface area contributed by atoms with Gasteiger partial charge in [0.25, 0.3) is 0 Å². The van der Waals surface area contributed by atoms with Crippen molar-refractivity contribution in [2.45, 2.75) is 37.8 Å². The van der Waals surface area contributed by atoms with E-state index in [1.165, 1.54) is 0 Å². The van der Waals surface area contributed by atoms with Gasteiger partial charge in [-0.25, -0.2) is 5.01 Å². The molecule has 0 radical (unpaired) electrons. The molecule has 72 valence electrons. The minimum atomic E-state index is 0.543. The number of hydrogen-bond donors (Lipinski definition) is 2. The molecule has 5 heteroatoms. The molecular formula is C7H17IN4. The van der Waals surface area contributed by atoms with Gasteiger partial charge < -0.3 is 0 Å². The SMILES string of the molecule is CN(N)C1CCC(N(N)I)CC1. The Bertz CT molecular complexity index is 115. The van der Waals surface area contributed by atoms with Crippen LogP contribution in [0.5, 0.6) is 0 Å². The summed E-state index contributed by atoms with van der Waals surface area (Å²) >= 11 is 2.15. The Kier molecular flexibility index (Phi) is 4.18. The first-order valence-electron chi connectivity index (χ1n) is 4.28. The molecule has 0 aromatic heterocycles. The normalized spacial score (nSPS) is 31.5. The minimum Gasteiger partial charge on any atom is -0.269 e. The second-order valence-electron chi connectivity index (χ2n) is 3.47. The number of nitrogens with two attached hydrogens (primary N) is 2. The third-order valence-electron chi connectivity index (χ3n) is 2.59. The number of hydrazine groups is 2. The highest BCUT2D eigenvalue weighted by Crippen LogP contribution is 2.24. The van der Waals surface area contributed by atoms with Gasteiger partial charge in [0.1, 0.15) is 0 Å². The summed E-state index contributed by atoms with van der Waals surface area (Å²) in [4.78, 5) is 0. The quantitative estimate of drug-likeness (QED) is 0.338. The van der Waals surface area contributed by atoms with Gasteiger partial charge in [-0.3, -0.25) is 11.7 Å². The summed E-state index contributed by atoms with van der Waals surface area (Å²) in [5, 5.41) is 1.82. The van der Waals surface area contributed by atoms with Crippen molar-refractivity contribution in [2.75, 3.05) is 7.05 Å². The predicted molar refractivity (Wildman–Crippen MR) is 58.0 cm³/mol. The van der Waals surface area contributed by atoms with E-state index in [1.807, 2.05) is 12.1 Å². The van der Waals surface area contributed by atoms with Gasteiger partial charge in [0.05, 0.1) is 0 Å². The topological polar surface area (TPSA) is 58.5 Å². The number of hydrogen-bond acceptors (Lipinski definition) is 4. The molecule has 0 aromatic rings. The highest BCUT2D eigenvalue weighted by Gasteiger charge is 2.24. The van der Waals surface area contributed by atoms with Crippen LogP contribution in [0.1, 0.15) is 25.7 Å². The van der Waals surface area contributed by atoms with E-state index in [2.05, 4.69) is 22.9 Å². The number of nitrogens with zero attached hydrogens (tertiary/aromatic N) is 2. The first kappa shape index (κ1) is 10.6. The van der Waals surface area contributed by atoms with Crippen molar-refractivity contribution in [1.82, 2.24) is 8.23 Å². The van der Waals surface area contributed by atoms with Crippen LogP contribution in [0.2, 0.25) is 0 Å². The van der Waals surface area contributed by atoms with Gasteiger partial charge in [-0.2, -0.15) is 3.22 Å². The van der Waals surface area contributed by atoms with Crippen LogP contribution < -0.4 is 11.7 Å². The van der Waals surface area contributed by atoms with Crippen LogP contribution in [0.4, 0.5) is 0 Å². The summed E-state index contributed by atoms with van der Waals surface area (Å²) in [5.41, 5.74) is 0. The lowest BCUT2D eigenvalue weighted by Gasteiger charge is -2.33. The maximum Gasteiger partial charge on any atom is 0.0367 e. The second kappa shape index (κ2) is 4.71. The average Bonchev–Trinajstić information content (AvgIpc) is 2.04.